The number of hydrogen-bond acceptors (Lipinski definition) is 6. The van der Waals surface area contributed by atoms with Gasteiger partial charge in [-0.3, -0.25) is 4.48 Å². The minimum atomic E-state index is -1.72. The van der Waals surface area contributed by atoms with Crippen molar-refractivity contribution in [1.29, 1.82) is 0 Å². The maximum Gasteiger partial charge on any atom is 0.335 e. The molecule has 0 aliphatic carbocycles. The van der Waals surface area contributed by atoms with Crippen LogP contribution in [0.5, 0.6) is 11.5 Å². The maximum atomic E-state index is 11.6. The minimum Gasteiger partial charge on any atom is -0.479 e. The largest absolute Gasteiger partial charge is 0.479 e. The van der Waals surface area contributed by atoms with Gasteiger partial charge in [0.05, 0.1) is 20.1 Å². The van der Waals surface area contributed by atoms with Gasteiger partial charge in [0.15, 0.2) is 12.2 Å². The molecule has 5 rings (SSSR count). The fourth-order valence-corrected chi connectivity index (χ4v) is 5.73. The van der Waals surface area contributed by atoms with Crippen LogP contribution >= 0.6 is 11.6 Å². The molecule has 2 aromatic rings. The van der Waals surface area contributed by atoms with Crippen LogP contribution in [0.4, 0.5) is 0 Å². The third-order valence-electron chi connectivity index (χ3n) is 7.07. The number of benzene rings is 2. The molecule has 3 aliphatic heterocycles. The quantitative estimate of drug-likeness (QED) is 0.501. The smallest absolute Gasteiger partial charge is 0.335 e. The number of para-hydroxylation sites is 1. The van der Waals surface area contributed by atoms with Crippen LogP contribution < -0.4 is 4.74 Å². The Morgan fingerprint density at radius 3 is 2.34 bits per heavy atom. The molecule has 0 bridgehead atoms. The van der Waals surface area contributed by atoms with Crippen molar-refractivity contribution in [3.63, 3.8) is 0 Å². The lowest BCUT2D eigenvalue weighted by Gasteiger charge is -2.46. The summed E-state index contributed by atoms with van der Waals surface area (Å²) in [5.41, 5.74) is 1.94. The highest BCUT2D eigenvalue weighted by Crippen LogP contribution is 2.53. The molecule has 3 aliphatic rings. The highest BCUT2D eigenvalue weighted by atomic mass is 35.5. The number of likely N-dealkylation sites (N-methyl/N-ethyl adjacent to an activating group) is 1. The van der Waals surface area contributed by atoms with Crippen LogP contribution in [0.1, 0.15) is 23.0 Å². The molecule has 2 unspecified atom stereocenters. The van der Waals surface area contributed by atoms with E-state index in [1.807, 2.05) is 43.4 Å². The van der Waals surface area contributed by atoms with Crippen molar-refractivity contribution < 1.29 is 39.2 Å². The standard InChI is InChI=1S/C23H24ClNO7/c1-25(22-20(28)18(26)19(27)21(32-22)23(29)30)9-14-12-4-2-3-5-16(12)31-17-7-6-11(24)8-13(17)15(14)10-25/h2-8,14-15,18-22,26-28H,9-10H2,1H3/p+1/t14-,15-,18-,19-,20+,21-,22?,25?/m0/s1. The number of fused-ring (bicyclic) bond motifs is 5. The fraction of sp³-hybridized carbons (Fsp3) is 0.435. The number of likely N-dealkylation sites (tertiary alicyclic amines) is 1. The zero-order valence-electron chi connectivity index (χ0n) is 17.3. The van der Waals surface area contributed by atoms with Crippen LogP contribution in [0, 0.1) is 0 Å². The lowest BCUT2D eigenvalue weighted by molar-refractivity contribution is -0.952. The zero-order valence-corrected chi connectivity index (χ0v) is 18.1. The van der Waals surface area contributed by atoms with Crippen molar-refractivity contribution in [2.45, 2.75) is 42.5 Å². The molecule has 8 nitrogen and oxygen atoms in total. The van der Waals surface area contributed by atoms with Crippen molar-refractivity contribution in [2.24, 2.45) is 0 Å². The Kier molecular flexibility index (Phi) is 5.20. The van der Waals surface area contributed by atoms with E-state index in [9.17, 15) is 25.2 Å². The summed E-state index contributed by atoms with van der Waals surface area (Å²) in [5, 5.41) is 41.3. The molecule has 2 aromatic carbocycles. The highest BCUT2D eigenvalue weighted by Gasteiger charge is 2.58. The number of hydrogen-bond donors (Lipinski definition) is 4. The van der Waals surface area contributed by atoms with Crippen molar-refractivity contribution in [2.75, 3.05) is 20.1 Å². The second-order valence-corrected chi connectivity index (χ2v) is 9.57. The van der Waals surface area contributed by atoms with E-state index in [2.05, 4.69) is 0 Å². The molecule has 0 saturated carbocycles. The van der Waals surface area contributed by atoms with Crippen molar-refractivity contribution >= 4 is 17.6 Å². The molecule has 4 N–H and O–H groups in total. The number of ether oxygens (including phenoxy) is 2. The van der Waals surface area contributed by atoms with E-state index in [0.29, 0.717) is 23.9 Å². The summed E-state index contributed by atoms with van der Waals surface area (Å²) >= 11 is 6.31. The van der Waals surface area contributed by atoms with Gasteiger partial charge >= 0.3 is 5.97 Å². The average molecular weight is 463 g/mol. The molecular formula is C23H25ClNO7+. The third kappa shape index (κ3) is 3.30. The Hall–Kier alpha value is -2.20. The minimum absolute atomic E-state index is 0.0148. The number of carbonyl (C=O) groups is 1. The molecule has 0 amide bonds. The van der Waals surface area contributed by atoms with Crippen LogP contribution in [0.3, 0.4) is 0 Å². The highest BCUT2D eigenvalue weighted by molar-refractivity contribution is 6.30. The van der Waals surface area contributed by atoms with Gasteiger partial charge in [-0.05, 0) is 24.3 Å². The lowest BCUT2D eigenvalue weighted by atomic mass is 9.84. The van der Waals surface area contributed by atoms with Gasteiger partial charge in [-0.25, -0.2) is 4.79 Å². The number of nitrogens with zero attached hydrogens (tertiary/aromatic N) is 1. The van der Waals surface area contributed by atoms with Crippen LogP contribution in [-0.2, 0) is 9.53 Å². The first-order valence-corrected chi connectivity index (χ1v) is 10.9. The summed E-state index contributed by atoms with van der Waals surface area (Å²) in [5.74, 6) is -0.00321. The summed E-state index contributed by atoms with van der Waals surface area (Å²) in [6.45, 7) is 1.00. The van der Waals surface area contributed by atoms with Crippen LogP contribution in [0.25, 0.3) is 0 Å². The Balaban J connectivity index is 1.58. The van der Waals surface area contributed by atoms with E-state index in [1.54, 1.807) is 6.07 Å². The van der Waals surface area contributed by atoms with E-state index in [0.717, 1.165) is 16.9 Å². The summed E-state index contributed by atoms with van der Waals surface area (Å²) in [4.78, 5) is 11.6. The number of rotatable bonds is 2. The molecule has 2 saturated heterocycles. The van der Waals surface area contributed by atoms with Gasteiger partial charge in [-0.2, -0.15) is 0 Å². The summed E-state index contributed by atoms with van der Waals surface area (Å²) in [7, 11) is 1.87. The van der Waals surface area contributed by atoms with E-state index in [1.165, 1.54) is 0 Å². The number of aliphatic hydroxyl groups is 3. The maximum absolute atomic E-state index is 11.6. The Morgan fingerprint density at radius 2 is 1.62 bits per heavy atom. The molecule has 2 fully saturated rings. The summed E-state index contributed by atoms with van der Waals surface area (Å²) in [6.07, 6.45) is -7.45. The van der Waals surface area contributed by atoms with Crippen molar-refractivity contribution in [3.05, 3.63) is 58.6 Å². The lowest BCUT2D eigenvalue weighted by Crippen LogP contribution is -2.68. The molecule has 0 radical (unpaired) electrons. The van der Waals surface area contributed by atoms with Gasteiger partial charge in [0.1, 0.15) is 23.7 Å². The molecule has 8 atom stereocenters. The molecule has 0 aromatic heterocycles. The molecule has 32 heavy (non-hydrogen) atoms. The second-order valence-electron chi connectivity index (χ2n) is 9.14. The van der Waals surface area contributed by atoms with E-state index < -0.39 is 36.6 Å². The molecule has 3 heterocycles. The van der Waals surface area contributed by atoms with Gasteiger partial charge in [-0.15, -0.1) is 0 Å². The second kappa shape index (κ2) is 7.69. The topological polar surface area (TPSA) is 116 Å². The van der Waals surface area contributed by atoms with E-state index in [4.69, 9.17) is 21.1 Å². The van der Waals surface area contributed by atoms with Gasteiger partial charge in [0, 0.05) is 28.0 Å². The molecule has 170 valence electrons. The first-order chi connectivity index (χ1) is 15.2. The predicted octanol–water partition coefficient (Wildman–Crippen LogP) is 1.67. The van der Waals surface area contributed by atoms with Gasteiger partial charge in [0.25, 0.3) is 0 Å². The molecular weight excluding hydrogens is 438 g/mol. The molecule has 0 spiro atoms. The van der Waals surface area contributed by atoms with Crippen LogP contribution in [-0.4, -0.2) is 81.7 Å². The Labute approximate surface area is 189 Å². The number of carboxylic acids is 1. The monoisotopic (exact) mass is 462 g/mol. The summed E-state index contributed by atoms with van der Waals surface area (Å²) in [6, 6.07) is 13.3. The average Bonchev–Trinajstić information content (AvgIpc) is 3.06. The number of carboxylic acid groups (broad SMARTS) is 1. The predicted molar refractivity (Wildman–Crippen MR) is 114 cm³/mol. The van der Waals surface area contributed by atoms with Crippen LogP contribution in [0.2, 0.25) is 5.02 Å². The number of aliphatic carboxylic acids is 1. The molecule has 9 heteroatoms. The van der Waals surface area contributed by atoms with E-state index in [-0.39, 0.29) is 16.3 Å². The first kappa shape index (κ1) is 21.6. The Bertz CT molecular complexity index is 1060. The Morgan fingerprint density at radius 1 is 0.969 bits per heavy atom. The van der Waals surface area contributed by atoms with Crippen molar-refractivity contribution in [1.82, 2.24) is 0 Å². The number of halogens is 1. The fourth-order valence-electron chi connectivity index (χ4n) is 5.55. The van der Waals surface area contributed by atoms with Crippen LogP contribution in [0.15, 0.2) is 42.5 Å². The number of aliphatic hydroxyl groups excluding tert-OH is 3. The third-order valence-corrected chi connectivity index (χ3v) is 7.30. The van der Waals surface area contributed by atoms with E-state index >= 15 is 0 Å². The number of quaternary nitrogens is 1. The van der Waals surface area contributed by atoms with Gasteiger partial charge in [0.2, 0.25) is 6.23 Å². The SMILES string of the molecule is C[N+]1(C2O[C@H](C(=O)O)[C@@H](O)[C@H](O)[C@H]2O)C[C@H]2c3ccccc3Oc3ccc(Cl)cc3[C@@H]2C1. The zero-order chi connectivity index (χ0) is 22.8. The van der Waals surface area contributed by atoms with Crippen molar-refractivity contribution in [3.8, 4) is 11.5 Å². The summed E-state index contributed by atoms with van der Waals surface area (Å²) < 4.78 is 12.1. The normalized spacial score (nSPS) is 38.1. The first-order valence-electron chi connectivity index (χ1n) is 10.5. The van der Waals surface area contributed by atoms with Gasteiger partial charge in [-0.1, -0.05) is 29.8 Å². The van der Waals surface area contributed by atoms with Gasteiger partial charge < -0.3 is 29.9 Å².